The van der Waals surface area contributed by atoms with E-state index in [1.807, 2.05) is 12.1 Å². The molecule has 0 saturated heterocycles. The molecule has 128 valence electrons. The maximum atomic E-state index is 6.26. The molecule has 0 aliphatic carbocycles. The first-order chi connectivity index (χ1) is 12.1. The average Bonchev–Trinajstić information content (AvgIpc) is 3.00. The molecule has 0 fully saturated rings. The number of hydrogen-bond donors (Lipinski definition) is 1. The minimum absolute atomic E-state index is 0.127. The summed E-state index contributed by atoms with van der Waals surface area (Å²) >= 11 is 6.26. The molecule has 2 aliphatic rings. The van der Waals surface area contributed by atoms with Gasteiger partial charge in [-0.3, -0.25) is 4.90 Å². The summed E-state index contributed by atoms with van der Waals surface area (Å²) in [5.74, 6) is 0.915. The molecule has 25 heavy (non-hydrogen) atoms. The van der Waals surface area contributed by atoms with Gasteiger partial charge in [0.05, 0.1) is 12.6 Å². The van der Waals surface area contributed by atoms with Gasteiger partial charge < -0.3 is 9.72 Å². The second-order valence-electron chi connectivity index (χ2n) is 7.25. The van der Waals surface area contributed by atoms with E-state index in [0.717, 1.165) is 36.7 Å². The summed E-state index contributed by atoms with van der Waals surface area (Å²) in [7, 11) is 1.73. The third-order valence-electron chi connectivity index (χ3n) is 6.11. The number of nitrogens with zero attached hydrogens (tertiary/aromatic N) is 1. The van der Waals surface area contributed by atoms with Crippen molar-refractivity contribution in [2.24, 2.45) is 0 Å². The largest absolute Gasteiger partial charge is 0.497 e. The van der Waals surface area contributed by atoms with Crippen LogP contribution in [-0.2, 0) is 18.4 Å². The molecule has 1 atom stereocenters. The molecule has 0 spiro atoms. The van der Waals surface area contributed by atoms with Crippen molar-refractivity contribution in [1.82, 2.24) is 9.88 Å². The molecule has 4 heteroatoms. The molecule has 0 saturated carbocycles. The van der Waals surface area contributed by atoms with Crippen molar-refractivity contribution in [2.45, 2.75) is 25.3 Å². The SMILES string of the molecule is COc1ccc2[nH]c3c(c2c1)CCN1CCc2cc(Cl)ccc2C31C. The zero-order valence-electron chi connectivity index (χ0n) is 14.5. The molecule has 1 aromatic heterocycles. The number of ether oxygens (including phenoxy) is 1. The van der Waals surface area contributed by atoms with Crippen LogP contribution in [0.1, 0.15) is 29.3 Å². The van der Waals surface area contributed by atoms with Gasteiger partial charge in [0.2, 0.25) is 0 Å². The summed E-state index contributed by atoms with van der Waals surface area (Å²) in [5.41, 5.74) is 6.56. The summed E-state index contributed by atoms with van der Waals surface area (Å²) in [6.45, 7) is 4.50. The molecule has 3 aromatic rings. The molecule has 0 amide bonds. The van der Waals surface area contributed by atoms with Crippen molar-refractivity contribution in [3.63, 3.8) is 0 Å². The van der Waals surface area contributed by atoms with E-state index >= 15 is 0 Å². The summed E-state index contributed by atoms with van der Waals surface area (Å²) in [5, 5.41) is 2.12. The first kappa shape index (κ1) is 15.3. The van der Waals surface area contributed by atoms with E-state index in [-0.39, 0.29) is 5.54 Å². The Kier molecular flexibility index (Phi) is 3.22. The number of aromatic nitrogens is 1. The van der Waals surface area contributed by atoms with Gasteiger partial charge in [0.15, 0.2) is 0 Å². The maximum absolute atomic E-state index is 6.26. The van der Waals surface area contributed by atoms with Crippen molar-refractivity contribution < 1.29 is 4.74 Å². The van der Waals surface area contributed by atoms with Crippen LogP contribution < -0.4 is 4.74 Å². The van der Waals surface area contributed by atoms with Crippen LogP contribution in [0.15, 0.2) is 36.4 Å². The van der Waals surface area contributed by atoms with Crippen LogP contribution in [0.5, 0.6) is 5.75 Å². The zero-order chi connectivity index (χ0) is 17.2. The number of methoxy groups -OCH3 is 1. The third kappa shape index (κ3) is 2.03. The Balaban J connectivity index is 1.78. The molecule has 1 N–H and O–H groups in total. The summed E-state index contributed by atoms with van der Waals surface area (Å²) in [6.07, 6.45) is 2.13. The van der Waals surface area contributed by atoms with Crippen LogP contribution in [0.2, 0.25) is 5.02 Å². The highest BCUT2D eigenvalue weighted by molar-refractivity contribution is 6.30. The Morgan fingerprint density at radius 1 is 1.12 bits per heavy atom. The van der Waals surface area contributed by atoms with Crippen LogP contribution in [0.25, 0.3) is 10.9 Å². The summed E-state index contributed by atoms with van der Waals surface area (Å²) in [4.78, 5) is 6.34. The Morgan fingerprint density at radius 2 is 1.96 bits per heavy atom. The standard InChI is InChI=1S/C21H21ClN2O/c1-21-18-5-3-14(22)11-13(18)7-9-24(21)10-8-16-17-12-15(25-2)4-6-19(17)23-20(16)21/h3-6,11-12,23H,7-10H2,1-2H3. The van der Waals surface area contributed by atoms with Gasteiger partial charge in [-0.2, -0.15) is 0 Å². The summed E-state index contributed by atoms with van der Waals surface area (Å²) < 4.78 is 5.44. The second kappa shape index (κ2) is 5.26. The Morgan fingerprint density at radius 3 is 2.80 bits per heavy atom. The quantitative estimate of drug-likeness (QED) is 0.698. The molecule has 3 nitrogen and oxygen atoms in total. The number of aromatic amines is 1. The van der Waals surface area contributed by atoms with Crippen LogP contribution in [-0.4, -0.2) is 30.1 Å². The van der Waals surface area contributed by atoms with Gasteiger partial charge in [0.25, 0.3) is 0 Å². The van der Waals surface area contributed by atoms with E-state index in [1.54, 1.807) is 7.11 Å². The molecule has 1 unspecified atom stereocenters. The van der Waals surface area contributed by atoms with Crippen molar-refractivity contribution >= 4 is 22.5 Å². The molecular weight excluding hydrogens is 332 g/mol. The number of fused-ring (bicyclic) bond motifs is 7. The van der Waals surface area contributed by atoms with E-state index in [2.05, 4.69) is 41.1 Å². The van der Waals surface area contributed by atoms with Gasteiger partial charge in [0.1, 0.15) is 5.75 Å². The topological polar surface area (TPSA) is 28.3 Å². The number of halogens is 1. The van der Waals surface area contributed by atoms with Gasteiger partial charge in [-0.1, -0.05) is 17.7 Å². The van der Waals surface area contributed by atoms with Gasteiger partial charge in [-0.15, -0.1) is 0 Å². The highest BCUT2D eigenvalue weighted by Crippen LogP contribution is 2.47. The molecule has 0 radical (unpaired) electrons. The number of hydrogen-bond acceptors (Lipinski definition) is 2. The molecule has 2 aromatic carbocycles. The average molecular weight is 353 g/mol. The minimum atomic E-state index is -0.127. The lowest BCUT2D eigenvalue weighted by atomic mass is 9.75. The van der Waals surface area contributed by atoms with Crippen LogP contribution in [0, 0.1) is 0 Å². The van der Waals surface area contributed by atoms with Crippen LogP contribution in [0.4, 0.5) is 0 Å². The number of rotatable bonds is 1. The lowest BCUT2D eigenvalue weighted by Gasteiger charge is -2.49. The van der Waals surface area contributed by atoms with Crippen molar-refractivity contribution in [3.8, 4) is 5.75 Å². The Labute approximate surface area is 152 Å². The molecule has 5 rings (SSSR count). The molecule has 3 heterocycles. The van der Waals surface area contributed by atoms with Crippen molar-refractivity contribution in [1.29, 1.82) is 0 Å². The Hall–Kier alpha value is -1.97. The molecule has 2 aliphatic heterocycles. The summed E-state index contributed by atoms with van der Waals surface area (Å²) in [6, 6.07) is 12.7. The number of benzene rings is 2. The smallest absolute Gasteiger partial charge is 0.119 e. The van der Waals surface area contributed by atoms with E-state index in [1.165, 1.54) is 33.3 Å². The van der Waals surface area contributed by atoms with Crippen LogP contribution >= 0.6 is 11.6 Å². The first-order valence-corrected chi connectivity index (χ1v) is 9.22. The predicted octanol–water partition coefficient (Wildman–Crippen LogP) is 4.51. The van der Waals surface area contributed by atoms with E-state index in [4.69, 9.17) is 16.3 Å². The van der Waals surface area contributed by atoms with E-state index in [9.17, 15) is 0 Å². The molecular formula is C21H21ClN2O. The molecule has 0 bridgehead atoms. The first-order valence-electron chi connectivity index (χ1n) is 8.84. The lowest BCUT2D eigenvalue weighted by Crippen LogP contribution is -2.53. The van der Waals surface area contributed by atoms with E-state index in [0.29, 0.717) is 0 Å². The Bertz CT molecular complexity index is 993. The monoisotopic (exact) mass is 352 g/mol. The number of nitrogens with one attached hydrogen (secondary N) is 1. The van der Waals surface area contributed by atoms with Gasteiger partial charge in [-0.25, -0.2) is 0 Å². The fourth-order valence-electron chi connectivity index (χ4n) is 4.80. The lowest BCUT2D eigenvalue weighted by molar-refractivity contribution is 0.112. The highest BCUT2D eigenvalue weighted by atomic mass is 35.5. The van der Waals surface area contributed by atoms with Crippen molar-refractivity contribution in [3.05, 3.63) is 63.8 Å². The van der Waals surface area contributed by atoms with Gasteiger partial charge in [-0.05, 0) is 66.8 Å². The van der Waals surface area contributed by atoms with Crippen molar-refractivity contribution in [2.75, 3.05) is 20.2 Å². The highest BCUT2D eigenvalue weighted by Gasteiger charge is 2.45. The van der Waals surface area contributed by atoms with Crippen LogP contribution in [0.3, 0.4) is 0 Å². The van der Waals surface area contributed by atoms with Gasteiger partial charge in [0, 0.05) is 34.7 Å². The van der Waals surface area contributed by atoms with Gasteiger partial charge >= 0.3 is 0 Å². The van der Waals surface area contributed by atoms with E-state index < -0.39 is 0 Å². The normalized spacial score (nSPS) is 22.4. The number of H-pyrrole nitrogens is 1. The predicted molar refractivity (Wildman–Crippen MR) is 102 cm³/mol. The third-order valence-corrected chi connectivity index (χ3v) is 6.34. The fourth-order valence-corrected chi connectivity index (χ4v) is 4.99. The fraction of sp³-hybridized carbons (Fsp3) is 0.333. The minimum Gasteiger partial charge on any atom is -0.497 e. The maximum Gasteiger partial charge on any atom is 0.119 e. The second-order valence-corrected chi connectivity index (χ2v) is 7.69. The zero-order valence-corrected chi connectivity index (χ0v) is 15.3.